The quantitative estimate of drug-likeness (QED) is 0.627. The third kappa shape index (κ3) is 2.52. The molecule has 104 valence electrons. The Kier molecular flexibility index (Phi) is 3.21. The Labute approximate surface area is 123 Å². The van der Waals surface area contributed by atoms with Crippen LogP contribution in [0.2, 0.25) is 0 Å². The minimum Gasteiger partial charge on any atom is -0.375 e. The Morgan fingerprint density at radius 3 is 3.10 bits per heavy atom. The molecular weight excluding hydrogens is 288 g/mol. The average molecular weight is 298 g/mol. The van der Waals surface area contributed by atoms with E-state index in [1.54, 1.807) is 0 Å². The summed E-state index contributed by atoms with van der Waals surface area (Å²) in [5, 5.41) is 26.0. The van der Waals surface area contributed by atoms with Crippen molar-refractivity contribution in [1.29, 1.82) is 5.26 Å². The van der Waals surface area contributed by atoms with Crippen molar-refractivity contribution in [2.75, 3.05) is 11.1 Å². The van der Waals surface area contributed by atoms with Gasteiger partial charge >= 0.3 is 0 Å². The number of nitrogens with two attached hydrogens (primary N) is 1. The van der Waals surface area contributed by atoms with Gasteiger partial charge in [0, 0.05) is 11.9 Å². The molecule has 0 spiro atoms. The summed E-state index contributed by atoms with van der Waals surface area (Å²) < 4.78 is 1.03. The molecule has 0 amide bonds. The first-order valence-corrected chi connectivity index (χ1v) is 6.76. The molecule has 0 aliphatic rings. The van der Waals surface area contributed by atoms with Crippen molar-refractivity contribution in [3.8, 4) is 6.07 Å². The van der Waals surface area contributed by atoms with Crippen LogP contribution in [-0.2, 0) is 0 Å². The molecule has 0 atom stereocenters. The topological polar surface area (TPSA) is 129 Å². The third-order valence-electron chi connectivity index (χ3n) is 2.83. The number of benzene rings is 1. The van der Waals surface area contributed by atoms with Gasteiger partial charge < -0.3 is 11.1 Å². The summed E-state index contributed by atoms with van der Waals surface area (Å²) in [6.45, 7) is 1.96. The summed E-state index contributed by atoms with van der Waals surface area (Å²) >= 11 is 1.44. The van der Waals surface area contributed by atoms with Crippen LogP contribution in [0, 0.1) is 18.3 Å². The van der Waals surface area contributed by atoms with E-state index in [4.69, 9.17) is 11.0 Å². The first-order valence-electron chi connectivity index (χ1n) is 5.94. The number of nitrogens with zero attached hydrogens (tertiary/aromatic N) is 5. The van der Waals surface area contributed by atoms with E-state index in [-0.39, 0.29) is 11.4 Å². The monoisotopic (exact) mass is 298 g/mol. The number of nitriles is 1. The normalized spacial score (nSPS) is 11.5. The number of anilines is 2. The Bertz CT molecular complexity index is 855. The van der Waals surface area contributed by atoms with Gasteiger partial charge in [-0.05, 0) is 29.8 Å². The SMILES string of the molecule is Cc1cc2sc(N)nc2cc1NC=C(C#N)c1nn[nH]n1. The number of hydrogen-bond acceptors (Lipinski definition) is 8. The van der Waals surface area contributed by atoms with E-state index in [1.165, 1.54) is 17.5 Å². The zero-order valence-corrected chi connectivity index (χ0v) is 11.8. The predicted molar refractivity (Wildman–Crippen MR) is 80.2 cm³/mol. The van der Waals surface area contributed by atoms with E-state index in [0.717, 1.165) is 21.5 Å². The van der Waals surface area contributed by atoms with E-state index >= 15 is 0 Å². The van der Waals surface area contributed by atoms with Gasteiger partial charge in [0.25, 0.3) is 0 Å². The van der Waals surface area contributed by atoms with Gasteiger partial charge in [-0.25, -0.2) is 4.98 Å². The van der Waals surface area contributed by atoms with Gasteiger partial charge in [-0.1, -0.05) is 11.3 Å². The van der Waals surface area contributed by atoms with E-state index in [9.17, 15) is 0 Å². The van der Waals surface area contributed by atoms with Gasteiger partial charge in [0.1, 0.15) is 11.6 Å². The fourth-order valence-electron chi connectivity index (χ4n) is 1.82. The Hall–Kier alpha value is -2.99. The summed E-state index contributed by atoms with van der Waals surface area (Å²) in [5.41, 5.74) is 8.66. The highest BCUT2D eigenvalue weighted by Crippen LogP contribution is 2.29. The number of thiazole rings is 1. The van der Waals surface area contributed by atoms with Gasteiger partial charge in [-0.2, -0.15) is 10.5 Å². The molecule has 4 N–H and O–H groups in total. The predicted octanol–water partition coefficient (Wildman–Crippen LogP) is 1.68. The van der Waals surface area contributed by atoms with Crippen LogP contribution in [-0.4, -0.2) is 25.6 Å². The smallest absolute Gasteiger partial charge is 0.216 e. The van der Waals surface area contributed by atoms with E-state index in [2.05, 4.69) is 30.9 Å². The maximum absolute atomic E-state index is 9.11. The van der Waals surface area contributed by atoms with Gasteiger partial charge in [0.05, 0.1) is 10.2 Å². The minimum atomic E-state index is 0.238. The molecule has 0 saturated heterocycles. The Morgan fingerprint density at radius 1 is 1.52 bits per heavy atom. The lowest BCUT2D eigenvalue weighted by atomic mass is 10.2. The second-order valence-corrected chi connectivity index (χ2v) is 5.30. The Balaban J connectivity index is 1.94. The van der Waals surface area contributed by atoms with Crippen LogP contribution in [0.3, 0.4) is 0 Å². The molecule has 0 unspecified atom stereocenters. The molecule has 0 aliphatic heterocycles. The lowest BCUT2D eigenvalue weighted by Gasteiger charge is -2.05. The summed E-state index contributed by atoms with van der Waals surface area (Å²) in [6, 6.07) is 5.90. The van der Waals surface area contributed by atoms with E-state index < -0.39 is 0 Å². The molecule has 0 radical (unpaired) electrons. The lowest BCUT2D eigenvalue weighted by molar-refractivity contribution is 0.881. The van der Waals surface area contributed by atoms with Crippen LogP contribution in [0.4, 0.5) is 10.8 Å². The molecule has 0 aliphatic carbocycles. The number of hydrogen-bond donors (Lipinski definition) is 3. The average Bonchev–Trinajstić information content (AvgIpc) is 3.08. The van der Waals surface area contributed by atoms with E-state index in [1.807, 2.05) is 25.1 Å². The molecule has 3 aromatic rings. The van der Waals surface area contributed by atoms with Crippen molar-refractivity contribution in [2.45, 2.75) is 6.92 Å². The third-order valence-corrected chi connectivity index (χ3v) is 3.68. The van der Waals surface area contributed by atoms with Gasteiger partial charge in [0.2, 0.25) is 5.82 Å². The van der Waals surface area contributed by atoms with Crippen LogP contribution in [0.25, 0.3) is 15.8 Å². The lowest BCUT2D eigenvalue weighted by Crippen LogP contribution is -1.95. The summed E-state index contributed by atoms with van der Waals surface area (Å²) in [5.74, 6) is 0.238. The largest absolute Gasteiger partial charge is 0.375 e. The van der Waals surface area contributed by atoms with Gasteiger partial charge in [-0.3, -0.25) is 0 Å². The van der Waals surface area contributed by atoms with Crippen molar-refractivity contribution in [2.24, 2.45) is 0 Å². The van der Waals surface area contributed by atoms with Crippen LogP contribution in [0.1, 0.15) is 11.4 Å². The molecule has 1 aromatic carbocycles. The summed E-state index contributed by atoms with van der Waals surface area (Å²) in [6.07, 6.45) is 1.54. The molecule has 9 heteroatoms. The van der Waals surface area contributed by atoms with E-state index in [0.29, 0.717) is 5.13 Å². The number of fused-ring (bicyclic) bond motifs is 1. The zero-order chi connectivity index (χ0) is 14.8. The maximum Gasteiger partial charge on any atom is 0.216 e. The zero-order valence-electron chi connectivity index (χ0n) is 11.0. The number of nitrogen functional groups attached to an aromatic ring is 1. The minimum absolute atomic E-state index is 0.238. The number of nitrogens with one attached hydrogen (secondary N) is 2. The first kappa shape index (κ1) is 13.0. The number of H-pyrrole nitrogens is 1. The van der Waals surface area contributed by atoms with Crippen LogP contribution >= 0.6 is 11.3 Å². The van der Waals surface area contributed by atoms with Crippen molar-refractivity contribution in [3.63, 3.8) is 0 Å². The second kappa shape index (κ2) is 5.18. The van der Waals surface area contributed by atoms with Crippen LogP contribution in [0.5, 0.6) is 0 Å². The van der Waals surface area contributed by atoms with Crippen LogP contribution < -0.4 is 11.1 Å². The van der Waals surface area contributed by atoms with Crippen molar-refractivity contribution < 1.29 is 0 Å². The Morgan fingerprint density at radius 2 is 2.38 bits per heavy atom. The molecule has 0 fully saturated rings. The standard InChI is InChI=1S/C12H10N8S/c1-6-2-10-9(16-12(14)21-10)3-8(6)15-5-7(4-13)11-17-19-20-18-11/h2-3,5,15H,1H3,(H2,14,16)(H,17,18,19,20). The highest BCUT2D eigenvalue weighted by molar-refractivity contribution is 7.22. The molecule has 0 bridgehead atoms. The first-order chi connectivity index (χ1) is 10.2. The van der Waals surface area contributed by atoms with Crippen molar-refractivity contribution in [1.82, 2.24) is 25.6 Å². The van der Waals surface area contributed by atoms with Crippen LogP contribution in [0.15, 0.2) is 18.3 Å². The molecule has 3 rings (SSSR count). The molecule has 0 saturated carbocycles. The van der Waals surface area contributed by atoms with Crippen molar-refractivity contribution in [3.05, 3.63) is 29.7 Å². The summed E-state index contributed by atoms with van der Waals surface area (Å²) in [7, 11) is 0. The number of aromatic nitrogens is 5. The fraction of sp³-hybridized carbons (Fsp3) is 0.0833. The molecule has 8 nitrogen and oxygen atoms in total. The number of aryl methyl sites for hydroxylation is 1. The number of rotatable bonds is 3. The molecular formula is C12H10N8S. The fourth-order valence-corrected chi connectivity index (χ4v) is 2.64. The van der Waals surface area contributed by atoms with Gasteiger partial charge in [0.15, 0.2) is 5.13 Å². The highest BCUT2D eigenvalue weighted by Gasteiger charge is 2.08. The molecule has 2 aromatic heterocycles. The molecule has 21 heavy (non-hydrogen) atoms. The number of aromatic amines is 1. The molecule has 2 heterocycles. The second-order valence-electron chi connectivity index (χ2n) is 4.24. The summed E-state index contributed by atoms with van der Waals surface area (Å²) in [4.78, 5) is 4.24. The highest BCUT2D eigenvalue weighted by atomic mass is 32.1. The number of allylic oxidation sites excluding steroid dienone is 1. The van der Waals surface area contributed by atoms with Crippen molar-refractivity contribution >= 4 is 37.9 Å². The van der Waals surface area contributed by atoms with Gasteiger partial charge in [-0.15, -0.1) is 10.2 Å². The number of tetrazole rings is 1. The maximum atomic E-state index is 9.11.